The molecule has 1 aliphatic heterocycles. The lowest BCUT2D eigenvalue weighted by Gasteiger charge is -2.37. The number of ether oxygens (including phenoxy) is 2. The second-order valence-electron chi connectivity index (χ2n) is 5.52. The summed E-state index contributed by atoms with van der Waals surface area (Å²) >= 11 is 0. The summed E-state index contributed by atoms with van der Waals surface area (Å²) in [6.45, 7) is 5.04. The SMILES string of the molecule is CNC1CC(C)(C)Oc2ccc(CCOC)cc21. The third-order valence-corrected chi connectivity index (χ3v) is 3.47. The van der Waals surface area contributed by atoms with Gasteiger partial charge in [0.1, 0.15) is 11.4 Å². The first kappa shape index (κ1) is 13.4. The Morgan fingerprint density at radius 1 is 1.44 bits per heavy atom. The van der Waals surface area contributed by atoms with Gasteiger partial charge in [-0.05, 0) is 38.9 Å². The molecule has 0 aromatic heterocycles. The van der Waals surface area contributed by atoms with E-state index < -0.39 is 0 Å². The molecule has 18 heavy (non-hydrogen) atoms. The quantitative estimate of drug-likeness (QED) is 0.890. The molecule has 0 fully saturated rings. The highest BCUT2D eigenvalue weighted by Gasteiger charge is 2.32. The first-order valence-corrected chi connectivity index (χ1v) is 6.54. The van der Waals surface area contributed by atoms with Gasteiger partial charge in [0.25, 0.3) is 0 Å². The molecular formula is C15H23NO2. The fraction of sp³-hybridized carbons (Fsp3) is 0.600. The lowest BCUT2D eigenvalue weighted by atomic mass is 9.89. The van der Waals surface area contributed by atoms with Crippen LogP contribution in [0.5, 0.6) is 5.75 Å². The molecule has 0 saturated carbocycles. The van der Waals surface area contributed by atoms with E-state index in [1.807, 2.05) is 7.05 Å². The molecule has 1 heterocycles. The van der Waals surface area contributed by atoms with Crippen molar-refractivity contribution in [3.63, 3.8) is 0 Å². The molecule has 3 heteroatoms. The van der Waals surface area contributed by atoms with E-state index >= 15 is 0 Å². The van der Waals surface area contributed by atoms with Gasteiger partial charge in [0.05, 0.1) is 6.61 Å². The van der Waals surface area contributed by atoms with Crippen LogP contribution in [0.4, 0.5) is 0 Å². The Bertz CT molecular complexity index is 415. The van der Waals surface area contributed by atoms with E-state index in [1.54, 1.807) is 7.11 Å². The van der Waals surface area contributed by atoms with Gasteiger partial charge in [-0.25, -0.2) is 0 Å². The summed E-state index contributed by atoms with van der Waals surface area (Å²) in [7, 11) is 3.75. The van der Waals surface area contributed by atoms with Gasteiger partial charge >= 0.3 is 0 Å². The van der Waals surface area contributed by atoms with Crippen molar-refractivity contribution < 1.29 is 9.47 Å². The fourth-order valence-corrected chi connectivity index (χ4v) is 2.54. The van der Waals surface area contributed by atoms with Crippen molar-refractivity contribution in [3.05, 3.63) is 29.3 Å². The van der Waals surface area contributed by atoms with Gasteiger partial charge < -0.3 is 14.8 Å². The number of hydrogen-bond donors (Lipinski definition) is 1. The Morgan fingerprint density at radius 3 is 2.89 bits per heavy atom. The summed E-state index contributed by atoms with van der Waals surface area (Å²) in [5, 5.41) is 3.39. The number of fused-ring (bicyclic) bond motifs is 1. The Kier molecular flexibility index (Phi) is 3.93. The first-order chi connectivity index (χ1) is 8.55. The zero-order chi connectivity index (χ0) is 13.2. The van der Waals surface area contributed by atoms with Gasteiger partial charge in [0.2, 0.25) is 0 Å². The molecule has 1 N–H and O–H groups in total. The molecule has 1 aliphatic rings. The first-order valence-electron chi connectivity index (χ1n) is 6.54. The zero-order valence-electron chi connectivity index (χ0n) is 11.7. The predicted molar refractivity (Wildman–Crippen MR) is 73.1 cm³/mol. The Hall–Kier alpha value is -1.06. The van der Waals surface area contributed by atoms with Crippen LogP contribution in [0.15, 0.2) is 18.2 Å². The second-order valence-corrected chi connectivity index (χ2v) is 5.52. The molecule has 3 nitrogen and oxygen atoms in total. The highest BCUT2D eigenvalue weighted by atomic mass is 16.5. The van der Waals surface area contributed by atoms with E-state index in [9.17, 15) is 0 Å². The van der Waals surface area contributed by atoms with Crippen molar-refractivity contribution in [1.82, 2.24) is 5.32 Å². The maximum atomic E-state index is 6.04. The molecule has 0 aliphatic carbocycles. The topological polar surface area (TPSA) is 30.5 Å². The number of methoxy groups -OCH3 is 1. The Morgan fingerprint density at radius 2 is 2.22 bits per heavy atom. The zero-order valence-corrected chi connectivity index (χ0v) is 11.7. The minimum Gasteiger partial charge on any atom is -0.487 e. The summed E-state index contributed by atoms with van der Waals surface area (Å²) in [5.74, 6) is 1.01. The van der Waals surface area contributed by atoms with Crippen molar-refractivity contribution in [2.75, 3.05) is 20.8 Å². The summed E-state index contributed by atoms with van der Waals surface area (Å²) in [5.41, 5.74) is 2.47. The molecular weight excluding hydrogens is 226 g/mol. The van der Waals surface area contributed by atoms with Crippen LogP contribution >= 0.6 is 0 Å². The normalized spacial score (nSPS) is 21.2. The van der Waals surface area contributed by atoms with Crippen molar-refractivity contribution in [1.29, 1.82) is 0 Å². The highest BCUT2D eigenvalue weighted by Crippen LogP contribution is 2.39. The molecule has 1 aromatic carbocycles. The van der Waals surface area contributed by atoms with Crippen LogP contribution in [-0.2, 0) is 11.2 Å². The molecule has 0 amide bonds. The van der Waals surface area contributed by atoms with E-state index in [2.05, 4.69) is 37.4 Å². The molecule has 1 atom stereocenters. The van der Waals surface area contributed by atoms with E-state index in [4.69, 9.17) is 9.47 Å². The molecule has 0 saturated heterocycles. The van der Waals surface area contributed by atoms with Gasteiger partial charge in [-0.15, -0.1) is 0 Å². The average Bonchev–Trinajstić information content (AvgIpc) is 2.34. The lowest BCUT2D eigenvalue weighted by Crippen LogP contribution is -2.38. The standard InChI is InChI=1S/C15H23NO2/c1-15(2)10-13(16-3)12-9-11(7-8-17-4)5-6-14(12)18-15/h5-6,9,13,16H,7-8,10H2,1-4H3. The van der Waals surface area contributed by atoms with Crippen molar-refractivity contribution >= 4 is 0 Å². The number of nitrogens with one attached hydrogen (secondary N) is 1. The average molecular weight is 249 g/mol. The fourth-order valence-electron chi connectivity index (χ4n) is 2.54. The molecule has 2 rings (SSSR count). The van der Waals surface area contributed by atoms with Crippen LogP contribution in [0.3, 0.4) is 0 Å². The van der Waals surface area contributed by atoms with Crippen LogP contribution in [0.1, 0.15) is 37.4 Å². The van der Waals surface area contributed by atoms with E-state index in [0.717, 1.165) is 25.2 Å². The number of benzene rings is 1. The van der Waals surface area contributed by atoms with Crippen molar-refractivity contribution in [2.45, 2.75) is 38.3 Å². The van der Waals surface area contributed by atoms with Crippen molar-refractivity contribution in [3.8, 4) is 5.75 Å². The lowest BCUT2D eigenvalue weighted by molar-refractivity contribution is 0.0674. The third-order valence-electron chi connectivity index (χ3n) is 3.47. The van der Waals surface area contributed by atoms with Gasteiger partial charge in [0.15, 0.2) is 0 Å². The minimum absolute atomic E-state index is 0.102. The van der Waals surface area contributed by atoms with Gasteiger partial charge in [-0.2, -0.15) is 0 Å². The Balaban J connectivity index is 2.27. The van der Waals surface area contributed by atoms with Crippen LogP contribution in [0.25, 0.3) is 0 Å². The van der Waals surface area contributed by atoms with Gasteiger partial charge in [-0.3, -0.25) is 0 Å². The molecule has 0 spiro atoms. The summed E-state index contributed by atoms with van der Waals surface area (Å²) < 4.78 is 11.2. The molecule has 100 valence electrons. The largest absolute Gasteiger partial charge is 0.487 e. The molecule has 0 bridgehead atoms. The maximum Gasteiger partial charge on any atom is 0.124 e. The van der Waals surface area contributed by atoms with Gasteiger partial charge in [0, 0.05) is 25.1 Å². The van der Waals surface area contributed by atoms with Crippen molar-refractivity contribution in [2.24, 2.45) is 0 Å². The maximum absolute atomic E-state index is 6.04. The van der Waals surface area contributed by atoms with E-state index in [1.165, 1.54) is 11.1 Å². The van der Waals surface area contributed by atoms with Gasteiger partial charge in [-0.1, -0.05) is 12.1 Å². The number of rotatable bonds is 4. The van der Waals surface area contributed by atoms with Crippen LogP contribution in [-0.4, -0.2) is 26.4 Å². The predicted octanol–water partition coefficient (Wildman–Crippen LogP) is 2.70. The number of hydrogen-bond acceptors (Lipinski definition) is 3. The summed E-state index contributed by atoms with van der Waals surface area (Å²) in [6.07, 6.45) is 1.94. The van der Waals surface area contributed by atoms with E-state index in [0.29, 0.717) is 6.04 Å². The monoisotopic (exact) mass is 249 g/mol. The van der Waals surface area contributed by atoms with Crippen LogP contribution in [0, 0.1) is 0 Å². The highest BCUT2D eigenvalue weighted by molar-refractivity contribution is 5.42. The van der Waals surface area contributed by atoms with Crippen LogP contribution < -0.4 is 10.1 Å². The third kappa shape index (κ3) is 2.85. The second kappa shape index (κ2) is 5.29. The smallest absolute Gasteiger partial charge is 0.124 e. The van der Waals surface area contributed by atoms with Crippen LogP contribution in [0.2, 0.25) is 0 Å². The summed E-state index contributed by atoms with van der Waals surface area (Å²) in [4.78, 5) is 0. The minimum atomic E-state index is -0.102. The molecule has 0 radical (unpaired) electrons. The molecule has 1 unspecified atom stereocenters. The summed E-state index contributed by atoms with van der Waals surface area (Å²) in [6, 6.07) is 6.83. The van der Waals surface area contributed by atoms with E-state index in [-0.39, 0.29) is 5.60 Å². The Labute approximate surface area is 109 Å². The molecule has 1 aromatic rings.